The van der Waals surface area contributed by atoms with E-state index in [0.29, 0.717) is 15.6 Å². The number of nitrogens with one attached hydrogen (secondary N) is 1. The van der Waals surface area contributed by atoms with Gasteiger partial charge in [-0.1, -0.05) is 0 Å². The average molecular weight is 418 g/mol. The Morgan fingerprint density at radius 2 is 2.11 bits per heavy atom. The summed E-state index contributed by atoms with van der Waals surface area (Å²) >= 11 is 2.61. The number of carbonyl (C=O) groups excluding carboxylic acids is 3. The standard InChI is InChI=1S/C19H19N3O4S2/c1-10-9-27-17(21-10)13(7-20)14(24)8-26-19(25)16-12-5-3-4-6-15(12)28-18(16)22-11(2)23/h9,13H,3-6,8H2,1-2H3,(H,22,23)/t13-/m1/s1. The number of aryl methyl sites for hydroxylation is 2. The van der Waals surface area contributed by atoms with Crippen molar-refractivity contribution < 1.29 is 19.1 Å². The lowest BCUT2D eigenvalue weighted by Gasteiger charge is -2.13. The van der Waals surface area contributed by atoms with Crippen LogP contribution in [0, 0.1) is 18.3 Å². The highest BCUT2D eigenvalue weighted by Gasteiger charge is 2.29. The summed E-state index contributed by atoms with van der Waals surface area (Å²) in [6.45, 7) is 2.65. The summed E-state index contributed by atoms with van der Waals surface area (Å²) in [5.74, 6) is -2.50. The van der Waals surface area contributed by atoms with Gasteiger partial charge in [0.1, 0.15) is 10.0 Å². The Bertz CT molecular complexity index is 970. The molecule has 0 radical (unpaired) electrons. The molecule has 9 heteroatoms. The van der Waals surface area contributed by atoms with Gasteiger partial charge in [-0.05, 0) is 38.2 Å². The van der Waals surface area contributed by atoms with Gasteiger partial charge in [0.05, 0.1) is 11.6 Å². The van der Waals surface area contributed by atoms with Crippen molar-refractivity contribution in [2.45, 2.75) is 45.4 Å². The van der Waals surface area contributed by atoms with Crippen LogP contribution in [0.3, 0.4) is 0 Å². The minimum atomic E-state index is -1.06. The second-order valence-electron chi connectivity index (χ2n) is 6.53. The summed E-state index contributed by atoms with van der Waals surface area (Å²) < 4.78 is 5.24. The topological polar surface area (TPSA) is 109 Å². The van der Waals surface area contributed by atoms with Crippen LogP contribution in [-0.4, -0.2) is 29.3 Å². The largest absolute Gasteiger partial charge is 0.454 e. The molecule has 3 rings (SSSR count). The number of hydrogen-bond donors (Lipinski definition) is 1. The summed E-state index contributed by atoms with van der Waals surface area (Å²) in [5.41, 5.74) is 1.96. The molecule has 1 aliphatic rings. The van der Waals surface area contributed by atoms with E-state index in [2.05, 4.69) is 10.3 Å². The first kappa shape index (κ1) is 20.2. The monoisotopic (exact) mass is 417 g/mol. The van der Waals surface area contributed by atoms with Crippen molar-refractivity contribution in [1.29, 1.82) is 5.26 Å². The van der Waals surface area contributed by atoms with E-state index in [4.69, 9.17) is 4.74 Å². The molecule has 146 valence electrons. The molecule has 1 N–H and O–H groups in total. The van der Waals surface area contributed by atoms with Crippen LogP contribution in [0.2, 0.25) is 0 Å². The number of carbonyl (C=O) groups is 3. The molecule has 0 fully saturated rings. The number of thiazole rings is 1. The molecule has 0 saturated carbocycles. The number of anilines is 1. The zero-order valence-corrected chi connectivity index (χ0v) is 17.2. The van der Waals surface area contributed by atoms with Crippen LogP contribution in [0.5, 0.6) is 0 Å². The number of Topliss-reactive ketones (excluding diaryl/α,β-unsaturated/α-hetero) is 1. The van der Waals surface area contributed by atoms with Gasteiger partial charge in [-0.2, -0.15) is 5.26 Å². The normalized spacial score (nSPS) is 13.9. The minimum Gasteiger partial charge on any atom is -0.454 e. The van der Waals surface area contributed by atoms with E-state index in [1.807, 2.05) is 6.07 Å². The first-order valence-corrected chi connectivity index (χ1v) is 10.5. The van der Waals surface area contributed by atoms with Gasteiger partial charge in [-0.25, -0.2) is 9.78 Å². The molecule has 7 nitrogen and oxygen atoms in total. The zero-order valence-electron chi connectivity index (χ0n) is 15.5. The predicted molar refractivity (Wildman–Crippen MR) is 106 cm³/mol. The first-order valence-electron chi connectivity index (χ1n) is 8.84. The second kappa shape index (κ2) is 8.63. The molecule has 2 aromatic heterocycles. The number of ether oxygens (including phenoxy) is 1. The van der Waals surface area contributed by atoms with Crippen molar-refractivity contribution in [3.8, 4) is 6.07 Å². The Balaban J connectivity index is 1.76. The molecule has 0 aromatic carbocycles. The molecule has 0 spiro atoms. The zero-order chi connectivity index (χ0) is 20.3. The summed E-state index contributed by atoms with van der Waals surface area (Å²) in [5, 5.41) is 14.6. The maximum atomic E-state index is 12.7. The average Bonchev–Trinajstić information content (AvgIpc) is 3.23. The number of fused-ring (bicyclic) bond motifs is 1. The quantitative estimate of drug-likeness (QED) is 0.722. The van der Waals surface area contributed by atoms with Crippen LogP contribution < -0.4 is 5.32 Å². The molecule has 0 unspecified atom stereocenters. The third kappa shape index (κ3) is 4.29. The van der Waals surface area contributed by atoms with Gasteiger partial charge in [-0.3, -0.25) is 9.59 Å². The highest BCUT2D eigenvalue weighted by Crippen LogP contribution is 2.38. The maximum Gasteiger partial charge on any atom is 0.341 e. The SMILES string of the molecule is CC(=O)Nc1sc2c(c1C(=O)OCC(=O)[C@@H](C#N)c1nc(C)cs1)CCCC2. The van der Waals surface area contributed by atoms with Crippen molar-refractivity contribution in [3.05, 3.63) is 32.1 Å². The number of nitrogens with zero attached hydrogens (tertiary/aromatic N) is 2. The molecule has 2 aromatic rings. The highest BCUT2D eigenvalue weighted by atomic mass is 32.1. The van der Waals surface area contributed by atoms with Gasteiger partial charge in [0.25, 0.3) is 0 Å². The lowest BCUT2D eigenvalue weighted by Crippen LogP contribution is -2.21. The Morgan fingerprint density at radius 3 is 2.75 bits per heavy atom. The van der Waals surface area contributed by atoms with Crippen molar-refractivity contribution in [2.24, 2.45) is 0 Å². The molecule has 2 heterocycles. The number of thiophene rings is 1. The molecular formula is C19H19N3O4S2. The van der Waals surface area contributed by atoms with Crippen LogP contribution in [0.25, 0.3) is 0 Å². The third-order valence-corrected chi connectivity index (χ3v) is 6.58. The van der Waals surface area contributed by atoms with E-state index in [-0.39, 0.29) is 5.91 Å². The Kier molecular flexibility index (Phi) is 6.21. The number of amides is 1. The molecule has 1 aliphatic carbocycles. The Labute approximate surface area is 170 Å². The van der Waals surface area contributed by atoms with Crippen LogP contribution in [0.4, 0.5) is 5.00 Å². The Hall–Kier alpha value is -2.57. The van der Waals surface area contributed by atoms with Crippen LogP contribution in [0.1, 0.15) is 57.2 Å². The van der Waals surface area contributed by atoms with E-state index < -0.39 is 24.3 Å². The van der Waals surface area contributed by atoms with Gasteiger partial charge in [0.15, 0.2) is 18.3 Å². The van der Waals surface area contributed by atoms with Crippen LogP contribution in [0.15, 0.2) is 5.38 Å². The fourth-order valence-corrected chi connectivity index (χ4v) is 5.28. The van der Waals surface area contributed by atoms with Crippen molar-refractivity contribution in [3.63, 3.8) is 0 Å². The molecule has 0 bridgehead atoms. The summed E-state index contributed by atoms with van der Waals surface area (Å²) in [4.78, 5) is 41.9. The van der Waals surface area contributed by atoms with Gasteiger partial charge in [0.2, 0.25) is 5.91 Å². The first-order chi connectivity index (χ1) is 13.4. The molecule has 0 aliphatic heterocycles. The molecule has 28 heavy (non-hydrogen) atoms. The van der Waals surface area contributed by atoms with Gasteiger partial charge in [0, 0.05) is 22.9 Å². The number of aromatic nitrogens is 1. The third-order valence-electron chi connectivity index (χ3n) is 4.35. The van der Waals surface area contributed by atoms with E-state index in [0.717, 1.165) is 41.8 Å². The number of esters is 1. The van der Waals surface area contributed by atoms with Gasteiger partial charge < -0.3 is 10.1 Å². The van der Waals surface area contributed by atoms with Crippen molar-refractivity contribution in [2.75, 3.05) is 11.9 Å². The van der Waals surface area contributed by atoms with Crippen molar-refractivity contribution in [1.82, 2.24) is 4.98 Å². The van der Waals surface area contributed by atoms with E-state index in [1.165, 1.54) is 29.6 Å². The van der Waals surface area contributed by atoms with Crippen LogP contribution >= 0.6 is 22.7 Å². The Morgan fingerprint density at radius 1 is 1.36 bits per heavy atom. The lowest BCUT2D eigenvalue weighted by molar-refractivity contribution is -0.122. The second-order valence-corrected chi connectivity index (χ2v) is 8.52. The maximum absolute atomic E-state index is 12.7. The predicted octanol–water partition coefficient (Wildman–Crippen LogP) is 3.38. The van der Waals surface area contributed by atoms with Crippen LogP contribution in [-0.2, 0) is 27.2 Å². The molecule has 1 amide bonds. The fourth-order valence-electron chi connectivity index (χ4n) is 3.09. The summed E-state index contributed by atoms with van der Waals surface area (Å²) in [6.07, 6.45) is 3.60. The summed E-state index contributed by atoms with van der Waals surface area (Å²) in [7, 11) is 0. The number of ketones is 1. The molecular weight excluding hydrogens is 398 g/mol. The fraction of sp³-hybridized carbons (Fsp3) is 0.421. The van der Waals surface area contributed by atoms with E-state index in [9.17, 15) is 19.6 Å². The summed E-state index contributed by atoms with van der Waals surface area (Å²) in [6, 6.07) is 1.93. The minimum absolute atomic E-state index is 0.271. The van der Waals surface area contributed by atoms with E-state index >= 15 is 0 Å². The number of rotatable bonds is 6. The number of nitriles is 1. The van der Waals surface area contributed by atoms with Gasteiger partial charge in [-0.15, -0.1) is 22.7 Å². The van der Waals surface area contributed by atoms with Gasteiger partial charge >= 0.3 is 5.97 Å². The van der Waals surface area contributed by atoms with Crippen molar-refractivity contribution >= 4 is 45.3 Å². The lowest BCUT2D eigenvalue weighted by atomic mass is 9.95. The van der Waals surface area contributed by atoms with E-state index in [1.54, 1.807) is 12.3 Å². The highest BCUT2D eigenvalue weighted by molar-refractivity contribution is 7.17. The number of hydrogen-bond acceptors (Lipinski definition) is 8. The smallest absolute Gasteiger partial charge is 0.341 e. The molecule has 1 atom stereocenters. The molecule has 0 saturated heterocycles.